The zero-order chi connectivity index (χ0) is 9.73. The van der Waals surface area contributed by atoms with Gasteiger partial charge in [0.05, 0.1) is 6.61 Å². The van der Waals surface area contributed by atoms with Crippen LogP contribution < -0.4 is 0 Å². The molecule has 5 nitrogen and oxygen atoms in total. The first kappa shape index (κ1) is 11.1. The maximum absolute atomic E-state index is 11.2. The second kappa shape index (κ2) is 5.08. The normalized spacial score (nSPS) is 37.5. The van der Waals surface area contributed by atoms with Crippen LogP contribution in [0.3, 0.4) is 0 Å². The van der Waals surface area contributed by atoms with E-state index in [9.17, 15) is 4.57 Å². The minimum Gasteiger partial charge on any atom is -0.355 e. The van der Waals surface area contributed by atoms with E-state index in [1.807, 2.05) is 0 Å². The fourth-order valence-corrected chi connectivity index (χ4v) is 2.07. The zero-order valence-electron chi connectivity index (χ0n) is 7.64. The largest absolute Gasteiger partial charge is 0.474 e. The summed E-state index contributed by atoms with van der Waals surface area (Å²) >= 11 is 0. The van der Waals surface area contributed by atoms with Crippen molar-refractivity contribution in [3.05, 3.63) is 0 Å². The third kappa shape index (κ3) is 4.20. The number of phosphoric ester groups is 1. The van der Waals surface area contributed by atoms with Gasteiger partial charge in [-0.2, -0.15) is 0 Å². The third-order valence-electron chi connectivity index (χ3n) is 1.85. The van der Waals surface area contributed by atoms with E-state index in [0.29, 0.717) is 6.42 Å². The Balaban J connectivity index is 2.53. The highest BCUT2D eigenvalue weighted by molar-refractivity contribution is 7.47. The lowest BCUT2D eigenvalue weighted by Crippen LogP contribution is -2.13. The van der Waals surface area contributed by atoms with Crippen LogP contribution in [0.25, 0.3) is 0 Å². The Morgan fingerprint density at radius 1 is 1.46 bits per heavy atom. The van der Waals surface area contributed by atoms with E-state index in [1.165, 1.54) is 7.11 Å². The van der Waals surface area contributed by atoms with Crippen LogP contribution >= 0.6 is 7.82 Å². The van der Waals surface area contributed by atoms with Crippen molar-refractivity contribution in [1.82, 2.24) is 0 Å². The molecule has 13 heavy (non-hydrogen) atoms. The Kier molecular flexibility index (Phi) is 4.35. The molecule has 0 aromatic carbocycles. The van der Waals surface area contributed by atoms with Gasteiger partial charge in [-0.25, -0.2) is 4.57 Å². The SMILES string of the molecule is COC1CCCCCOP(=O)(O)O1. The van der Waals surface area contributed by atoms with Crippen LogP contribution in [-0.4, -0.2) is 24.9 Å². The first-order valence-corrected chi connectivity index (χ1v) is 5.82. The summed E-state index contributed by atoms with van der Waals surface area (Å²) in [4.78, 5) is 9.14. The van der Waals surface area contributed by atoms with Crippen molar-refractivity contribution in [3.8, 4) is 0 Å². The van der Waals surface area contributed by atoms with E-state index in [-0.39, 0.29) is 6.61 Å². The molecule has 0 spiro atoms. The first-order valence-electron chi connectivity index (χ1n) is 4.32. The van der Waals surface area contributed by atoms with Crippen LogP contribution in [0.15, 0.2) is 0 Å². The summed E-state index contributed by atoms with van der Waals surface area (Å²) in [6.45, 7) is 0.268. The molecule has 0 radical (unpaired) electrons. The number of ether oxygens (including phenoxy) is 1. The van der Waals surface area contributed by atoms with Gasteiger partial charge in [0.25, 0.3) is 0 Å². The molecule has 0 aromatic rings. The summed E-state index contributed by atoms with van der Waals surface area (Å²) in [5, 5.41) is 0. The van der Waals surface area contributed by atoms with Crippen molar-refractivity contribution >= 4 is 7.82 Å². The van der Waals surface area contributed by atoms with Crippen LogP contribution in [-0.2, 0) is 18.3 Å². The molecule has 1 rings (SSSR count). The van der Waals surface area contributed by atoms with Gasteiger partial charge in [-0.05, 0) is 19.3 Å². The predicted molar refractivity (Wildman–Crippen MR) is 46.1 cm³/mol. The number of hydrogen-bond donors (Lipinski definition) is 1. The predicted octanol–water partition coefficient (Wildman–Crippen LogP) is 1.67. The van der Waals surface area contributed by atoms with Crippen LogP contribution in [0.1, 0.15) is 25.7 Å². The van der Waals surface area contributed by atoms with Gasteiger partial charge in [-0.3, -0.25) is 9.05 Å². The maximum Gasteiger partial charge on any atom is 0.474 e. The fourth-order valence-electron chi connectivity index (χ4n) is 1.16. The van der Waals surface area contributed by atoms with Crippen molar-refractivity contribution < 1.29 is 23.2 Å². The van der Waals surface area contributed by atoms with Crippen LogP contribution in [0.2, 0.25) is 0 Å². The Bertz CT molecular complexity index is 195. The van der Waals surface area contributed by atoms with E-state index < -0.39 is 14.1 Å². The van der Waals surface area contributed by atoms with Crippen molar-refractivity contribution in [2.24, 2.45) is 0 Å². The van der Waals surface area contributed by atoms with Crippen LogP contribution in [0.5, 0.6) is 0 Å². The minimum atomic E-state index is -3.88. The van der Waals surface area contributed by atoms with Crippen LogP contribution in [0.4, 0.5) is 0 Å². The average molecular weight is 210 g/mol. The summed E-state index contributed by atoms with van der Waals surface area (Å²) < 4.78 is 25.5. The summed E-state index contributed by atoms with van der Waals surface area (Å²) in [5.41, 5.74) is 0. The van der Waals surface area contributed by atoms with Gasteiger partial charge in [-0.1, -0.05) is 6.42 Å². The smallest absolute Gasteiger partial charge is 0.355 e. The maximum atomic E-state index is 11.2. The first-order chi connectivity index (χ1) is 6.14. The molecule has 1 heterocycles. The molecule has 0 aliphatic carbocycles. The highest BCUT2D eigenvalue weighted by atomic mass is 31.2. The van der Waals surface area contributed by atoms with Gasteiger partial charge in [-0.15, -0.1) is 0 Å². The zero-order valence-corrected chi connectivity index (χ0v) is 8.53. The Labute approximate surface area is 77.6 Å². The van der Waals surface area contributed by atoms with Gasteiger partial charge < -0.3 is 9.63 Å². The molecule has 0 saturated carbocycles. The standard InChI is InChI=1S/C7H15O5P/c1-10-7-5-3-2-4-6-11-13(8,9)12-7/h7H,2-6H2,1H3,(H,8,9). The van der Waals surface area contributed by atoms with Crippen molar-refractivity contribution in [1.29, 1.82) is 0 Å². The fraction of sp³-hybridized carbons (Fsp3) is 1.00. The average Bonchev–Trinajstić information content (AvgIpc) is 2.15. The summed E-state index contributed by atoms with van der Waals surface area (Å²) in [7, 11) is -2.44. The molecule has 1 N–H and O–H groups in total. The van der Waals surface area contributed by atoms with E-state index in [2.05, 4.69) is 0 Å². The van der Waals surface area contributed by atoms with E-state index in [4.69, 9.17) is 18.7 Å². The number of phosphoric acid groups is 1. The van der Waals surface area contributed by atoms with E-state index >= 15 is 0 Å². The highest BCUT2D eigenvalue weighted by Crippen LogP contribution is 2.46. The number of rotatable bonds is 1. The molecule has 0 bridgehead atoms. The third-order valence-corrected chi connectivity index (χ3v) is 2.86. The molecule has 2 unspecified atom stereocenters. The molecule has 1 saturated heterocycles. The van der Waals surface area contributed by atoms with Crippen molar-refractivity contribution in [2.45, 2.75) is 32.0 Å². The molecule has 1 fully saturated rings. The summed E-state index contributed by atoms with van der Waals surface area (Å²) in [6.07, 6.45) is 2.66. The molecule has 2 atom stereocenters. The van der Waals surface area contributed by atoms with Crippen LogP contribution in [0, 0.1) is 0 Å². The molecule has 1 aliphatic heterocycles. The summed E-state index contributed by atoms with van der Waals surface area (Å²) in [5.74, 6) is 0. The molecule has 6 heteroatoms. The van der Waals surface area contributed by atoms with E-state index in [0.717, 1.165) is 19.3 Å². The second-order valence-electron chi connectivity index (χ2n) is 2.92. The van der Waals surface area contributed by atoms with Crippen molar-refractivity contribution in [2.75, 3.05) is 13.7 Å². The molecular formula is C7H15O5P. The lowest BCUT2D eigenvalue weighted by Gasteiger charge is -2.17. The topological polar surface area (TPSA) is 65.0 Å². The Morgan fingerprint density at radius 3 is 2.92 bits per heavy atom. The highest BCUT2D eigenvalue weighted by Gasteiger charge is 2.27. The monoisotopic (exact) mass is 210 g/mol. The van der Waals surface area contributed by atoms with E-state index in [1.54, 1.807) is 0 Å². The molecule has 0 aromatic heterocycles. The molecule has 78 valence electrons. The molecule has 0 amide bonds. The van der Waals surface area contributed by atoms with Gasteiger partial charge in [0.15, 0.2) is 6.29 Å². The van der Waals surface area contributed by atoms with Gasteiger partial charge >= 0.3 is 7.82 Å². The number of hydrogen-bond acceptors (Lipinski definition) is 4. The second-order valence-corrected chi connectivity index (χ2v) is 4.33. The lowest BCUT2D eigenvalue weighted by molar-refractivity contribution is -0.0749. The van der Waals surface area contributed by atoms with Gasteiger partial charge in [0.2, 0.25) is 0 Å². The lowest BCUT2D eigenvalue weighted by atomic mass is 10.2. The van der Waals surface area contributed by atoms with Crippen molar-refractivity contribution in [3.63, 3.8) is 0 Å². The quantitative estimate of drug-likeness (QED) is 0.667. The summed E-state index contributed by atoms with van der Waals surface area (Å²) in [6, 6.07) is 0. The van der Waals surface area contributed by atoms with Gasteiger partial charge in [0.1, 0.15) is 0 Å². The Hall–Kier alpha value is 0.0700. The Morgan fingerprint density at radius 2 is 2.23 bits per heavy atom. The minimum absolute atomic E-state index is 0.268. The van der Waals surface area contributed by atoms with Gasteiger partial charge in [0, 0.05) is 7.11 Å². The number of methoxy groups -OCH3 is 1. The molecule has 1 aliphatic rings. The molecular weight excluding hydrogens is 195 g/mol.